The maximum Gasteiger partial charge on any atom is 0.0658 e. The normalized spacial score (nSPS) is 12.0. The van der Waals surface area contributed by atoms with Gasteiger partial charge in [-0.15, -0.1) is 0 Å². The number of hydrogen-bond acceptors (Lipinski definition) is 3. The van der Waals surface area contributed by atoms with Gasteiger partial charge in [0.15, 0.2) is 0 Å². The Kier molecular flexibility index (Phi) is 6.31. The molecule has 0 fully saturated rings. The Morgan fingerprint density at radius 1 is 1.35 bits per heavy atom. The third-order valence-electron chi connectivity index (χ3n) is 3.57. The molecule has 1 rings (SSSR count). The summed E-state index contributed by atoms with van der Waals surface area (Å²) >= 11 is 6.13. The van der Waals surface area contributed by atoms with Crippen molar-refractivity contribution in [2.45, 2.75) is 39.8 Å². The zero-order valence-corrected chi connectivity index (χ0v) is 14.0. The van der Waals surface area contributed by atoms with E-state index in [2.05, 4.69) is 30.1 Å². The van der Waals surface area contributed by atoms with E-state index in [1.807, 2.05) is 33.0 Å². The average Bonchev–Trinajstić information content (AvgIpc) is 2.39. The van der Waals surface area contributed by atoms with Crippen LogP contribution in [0.25, 0.3) is 0 Å². The van der Waals surface area contributed by atoms with Crippen LogP contribution in [-0.4, -0.2) is 30.8 Å². The average molecular weight is 299 g/mol. The summed E-state index contributed by atoms with van der Waals surface area (Å²) in [5.41, 5.74) is 1.93. The van der Waals surface area contributed by atoms with Crippen molar-refractivity contribution in [3.63, 3.8) is 0 Å². The summed E-state index contributed by atoms with van der Waals surface area (Å²) in [5.74, 6) is 0.623. The summed E-state index contributed by atoms with van der Waals surface area (Å²) in [6, 6.07) is 5.93. The van der Waals surface area contributed by atoms with E-state index in [0.717, 1.165) is 18.8 Å². The SMILES string of the molecule is CC(C)CNCc1ccc(Cl)cc1N(C)C(C)(C)CO. The molecule has 0 bridgehead atoms. The lowest BCUT2D eigenvalue weighted by atomic mass is 10.0. The lowest BCUT2D eigenvalue weighted by molar-refractivity contribution is 0.216. The summed E-state index contributed by atoms with van der Waals surface area (Å²) in [7, 11) is 1.99. The fraction of sp³-hybridized carbons (Fsp3) is 0.625. The van der Waals surface area contributed by atoms with E-state index >= 15 is 0 Å². The van der Waals surface area contributed by atoms with Crippen LogP contribution in [0.5, 0.6) is 0 Å². The summed E-state index contributed by atoms with van der Waals surface area (Å²) in [6.07, 6.45) is 0. The van der Waals surface area contributed by atoms with Crippen molar-refractivity contribution in [3.05, 3.63) is 28.8 Å². The lowest BCUT2D eigenvalue weighted by Gasteiger charge is -2.37. The van der Waals surface area contributed by atoms with Gasteiger partial charge in [0.1, 0.15) is 0 Å². The Bertz CT molecular complexity index is 432. The molecule has 0 atom stereocenters. The van der Waals surface area contributed by atoms with Crippen LogP contribution in [0.1, 0.15) is 33.3 Å². The third-order valence-corrected chi connectivity index (χ3v) is 3.81. The number of aliphatic hydroxyl groups excluding tert-OH is 1. The second-order valence-corrected chi connectivity index (χ2v) is 6.76. The third kappa shape index (κ3) is 4.65. The van der Waals surface area contributed by atoms with Gasteiger partial charge in [-0.3, -0.25) is 0 Å². The minimum Gasteiger partial charge on any atom is -0.394 e. The molecular formula is C16H27ClN2O. The molecule has 0 saturated carbocycles. The van der Waals surface area contributed by atoms with Gasteiger partial charge in [-0.25, -0.2) is 0 Å². The molecule has 1 aromatic carbocycles. The van der Waals surface area contributed by atoms with Crippen LogP contribution >= 0.6 is 11.6 Å². The number of hydrogen-bond donors (Lipinski definition) is 2. The van der Waals surface area contributed by atoms with Gasteiger partial charge in [0.25, 0.3) is 0 Å². The van der Waals surface area contributed by atoms with Gasteiger partial charge in [-0.1, -0.05) is 31.5 Å². The molecule has 0 amide bonds. The molecule has 3 nitrogen and oxygen atoms in total. The molecule has 2 N–H and O–H groups in total. The Balaban J connectivity index is 2.95. The zero-order valence-electron chi connectivity index (χ0n) is 13.2. The number of rotatable bonds is 7. The molecule has 0 unspecified atom stereocenters. The highest BCUT2D eigenvalue weighted by Gasteiger charge is 2.24. The van der Waals surface area contributed by atoms with Gasteiger partial charge < -0.3 is 15.3 Å². The maximum atomic E-state index is 9.54. The van der Waals surface area contributed by atoms with Crippen molar-refractivity contribution in [2.75, 3.05) is 25.1 Å². The molecule has 0 aliphatic heterocycles. The number of anilines is 1. The van der Waals surface area contributed by atoms with Crippen LogP contribution in [0.2, 0.25) is 5.02 Å². The monoisotopic (exact) mass is 298 g/mol. The van der Waals surface area contributed by atoms with Gasteiger partial charge in [0.2, 0.25) is 0 Å². The molecule has 0 radical (unpaired) electrons. The van der Waals surface area contributed by atoms with E-state index in [4.69, 9.17) is 11.6 Å². The van der Waals surface area contributed by atoms with E-state index < -0.39 is 0 Å². The van der Waals surface area contributed by atoms with E-state index in [0.29, 0.717) is 10.9 Å². The Morgan fingerprint density at radius 2 is 2.00 bits per heavy atom. The number of benzene rings is 1. The van der Waals surface area contributed by atoms with Crippen molar-refractivity contribution in [1.82, 2.24) is 5.32 Å². The number of halogens is 1. The maximum absolute atomic E-state index is 9.54. The Morgan fingerprint density at radius 3 is 2.55 bits per heavy atom. The summed E-state index contributed by atoms with van der Waals surface area (Å²) in [5, 5.41) is 13.7. The van der Waals surface area contributed by atoms with Crippen LogP contribution in [-0.2, 0) is 6.54 Å². The minimum atomic E-state index is -0.322. The molecule has 0 aliphatic rings. The molecule has 1 aromatic rings. The highest BCUT2D eigenvalue weighted by atomic mass is 35.5. The van der Waals surface area contributed by atoms with Crippen LogP contribution < -0.4 is 10.2 Å². The number of likely N-dealkylation sites (N-methyl/N-ethyl adjacent to an activating group) is 1. The van der Waals surface area contributed by atoms with E-state index in [1.165, 1.54) is 5.56 Å². The highest BCUT2D eigenvalue weighted by Crippen LogP contribution is 2.29. The van der Waals surface area contributed by atoms with Crippen LogP contribution in [0.4, 0.5) is 5.69 Å². The number of nitrogens with zero attached hydrogens (tertiary/aromatic N) is 1. The van der Waals surface area contributed by atoms with Crippen molar-refractivity contribution in [2.24, 2.45) is 5.92 Å². The first-order valence-electron chi connectivity index (χ1n) is 7.11. The van der Waals surface area contributed by atoms with Gasteiger partial charge in [0.05, 0.1) is 12.1 Å². The fourth-order valence-electron chi connectivity index (χ4n) is 1.93. The topological polar surface area (TPSA) is 35.5 Å². The number of nitrogens with one attached hydrogen (secondary N) is 1. The fourth-order valence-corrected chi connectivity index (χ4v) is 2.09. The predicted molar refractivity (Wildman–Crippen MR) is 87.6 cm³/mol. The van der Waals surface area contributed by atoms with Crippen molar-refractivity contribution < 1.29 is 5.11 Å². The first-order valence-corrected chi connectivity index (χ1v) is 7.49. The molecule has 4 heteroatoms. The van der Waals surface area contributed by atoms with Gasteiger partial charge >= 0.3 is 0 Å². The van der Waals surface area contributed by atoms with Gasteiger partial charge in [-0.05, 0) is 44.0 Å². The number of aliphatic hydroxyl groups is 1. The lowest BCUT2D eigenvalue weighted by Crippen LogP contribution is -2.45. The smallest absolute Gasteiger partial charge is 0.0658 e. The van der Waals surface area contributed by atoms with Crippen LogP contribution in [0.3, 0.4) is 0 Å². The Hall–Kier alpha value is -0.770. The second kappa shape index (κ2) is 7.30. The first-order chi connectivity index (χ1) is 9.27. The van der Waals surface area contributed by atoms with Gasteiger partial charge in [0, 0.05) is 24.3 Å². The first kappa shape index (κ1) is 17.3. The summed E-state index contributed by atoms with van der Waals surface area (Å²) in [6.45, 7) is 10.3. The van der Waals surface area contributed by atoms with E-state index in [9.17, 15) is 5.11 Å². The molecule has 114 valence electrons. The molecule has 0 heterocycles. The van der Waals surface area contributed by atoms with Crippen LogP contribution in [0, 0.1) is 5.92 Å². The molecule has 20 heavy (non-hydrogen) atoms. The van der Waals surface area contributed by atoms with Crippen molar-refractivity contribution in [1.29, 1.82) is 0 Å². The summed E-state index contributed by atoms with van der Waals surface area (Å²) < 4.78 is 0. The van der Waals surface area contributed by atoms with Crippen LogP contribution in [0.15, 0.2) is 18.2 Å². The molecule has 0 aliphatic carbocycles. The quantitative estimate of drug-likeness (QED) is 0.811. The minimum absolute atomic E-state index is 0.0921. The van der Waals surface area contributed by atoms with E-state index in [-0.39, 0.29) is 12.1 Å². The summed E-state index contributed by atoms with van der Waals surface area (Å²) in [4.78, 5) is 2.09. The largest absolute Gasteiger partial charge is 0.394 e. The molecule has 0 spiro atoms. The van der Waals surface area contributed by atoms with Gasteiger partial charge in [-0.2, -0.15) is 0 Å². The standard InChI is InChI=1S/C16H27ClN2O/c1-12(2)9-18-10-13-6-7-14(17)8-15(13)19(5)16(3,4)11-20/h6-8,12,18,20H,9-11H2,1-5H3. The molecular weight excluding hydrogens is 272 g/mol. The zero-order chi connectivity index (χ0) is 15.3. The highest BCUT2D eigenvalue weighted by molar-refractivity contribution is 6.30. The molecule has 0 aromatic heterocycles. The van der Waals surface area contributed by atoms with Crippen molar-refractivity contribution >= 4 is 17.3 Å². The van der Waals surface area contributed by atoms with E-state index in [1.54, 1.807) is 0 Å². The van der Waals surface area contributed by atoms with Crippen molar-refractivity contribution in [3.8, 4) is 0 Å². The molecule has 0 saturated heterocycles. The Labute approximate surface area is 127 Å². The second-order valence-electron chi connectivity index (χ2n) is 6.33. The predicted octanol–water partition coefficient (Wildman–Crippen LogP) is 3.29.